The quantitative estimate of drug-likeness (QED) is 0.871. The lowest BCUT2D eigenvalue weighted by Crippen LogP contribution is -2.25. The first-order valence-corrected chi connectivity index (χ1v) is 6.79. The van der Waals surface area contributed by atoms with Crippen molar-refractivity contribution in [3.05, 3.63) is 65.5 Å². The summed E-state index contributed by atoms with van der Waals surface area (Å²) < 4.78 is 27.3. The van der Waals surface area contributed by atoms with E-state index in [2.05, 4.69) is 10.3 Å². The first-order valence-electron chi connectivity index (χ1n) is 6.79. The molecule has 2 rings (SSSR count). The minimum Gasteiger partial charge on any atom is -0.310 e. The predicted molar refractivity (Wildman–Crippen MR) is 75.3 cm³/mol. The van der Waals surface area contributed by atoms with E-state index in [1.165, 1.54) is 12.1 Å². The minimum absolute atomic E-state index is 0.277. The summed E-state index contributed by atoms with van der Waals surface area (Å²) >= 11 is 0. The minimum atomic E-state index is -0.425. The molecule has 0 fully saturated rings. The Hall–Kier alpha value is -1.81. The highest BCUT2D eigenvalue weighted by Gasteiger charge is 2.17. The van der Waals surface area contributed by atoms with E-state index >= 15 is 0 Å². The molecule has 0 aliphatic heterocycles. The molecule has 2 aromatic rings. The van der Waals surface area contributed by atoms with E-state index in [9.17, 15) is 8.78 Å². The van der Waals surface area contributed by atoms with Crippen LogP contribution in [0.3, 0.4) is 0 Å². The summed E-state index contributed by atoms with van der Waals surface area (Å²) in [7, 11) is 0. The van der Waals surface area contributed by atoms with Gasteiger partial charge in [0.25, 0.3) is 0 Å². The average Bonchev–Trinajstić information content (AvgIpc) is 2.47. The van der Waals surface area contributed by atoms with Crippen LogP contribution in [0.15, 0.2) is 42.6 Å². The summed E-state index contributed by atoms with van der Waals surface area (Å²) in [5.41, 5.74) is 1.20. The molecule has 0 amide bonds. The van der Waals surface area contributed by atoms with Crippen LogP contribution in [-0.2, 0) is 6.42 Å². The molecule has 106 valence electrons. The fourth-order valence-corrected chi connectivity index (χ4v) is 2.12. The van der Waals surface area contributed by atoms with Crippen molar-refractivity contribution in [1.82, 2.24) is 10.3 Å². The highest BCUT2D eigenvalue weighted by atomic mass is 19.1. The zero-order valence-corrected chi connectivity index (χ0v) is 11.4. The Labute approximate surface area is 117 Å². The summed E-state index contributed by atoms with van der Waals surface area (Å²) in [6, 6.07) is 8.89. The van der Waals surface area contributed by atoms with E-state index in [0.29, 0.717) is 12.0 Å². The molecule has 0 radical (unpaired) electrons. The first-order chi connectivity index (χ1) is 9.70. The number of hydrogen-bond donors (Lipinski definition) is 1. The Bertz CT molecular complexity index is 543. The van der Waals surface area contributed by atoms with E-state index in [1.54, 1.807) is 6.20 Å². The van der Waals surface area contributed by atoms with Gasteiger partial charge in [-0.05, 0) is 43.3 Å². The molecule has 0 spiro atoms. The SMILES string of the molecule is CCCNC(Cc1ccccn1)c1cc(F)ccc1F. The molecule has 1 heterocycles. The van der Waals surface area contributed by atoms with Gasteiger partial charge >= 0.3 is 0 Å². The van der Waals surface area contributed by atoms with Crippen molar-refractivity contribution in [3.8, 4) is 0 Å². The van der Waals surface area contributed by atoms with Crippen molar-refractivity contribution < 1.29 is 8.78 Å². The van der Waals surface area contributed by atoms with Gasteiger partial charge in [-0.1, -0.05) is 13.0 Å². The summed E-state index contributed by atoms with van der Waals surface area (Å²) in [4.78, 5) is 4.25. The third-order valence-corrected chi connectivity index (χ3v) is 3.11. The summed E-state index contributed by atoms with van der Waals surface area (Å²) in [5.74, 6) is -0.818. The maximum atomic E-state index is 13.9. The molecule has 1 N–H and O–H groups in total. The second-order valence-electron chi connectivity index (χ2n) is 4.70. The summed E-state index contributed by atoms with van der Waals surface area (Å²) in [6.07, 6.45) is 3.16. The molecule has 0 bridgehead atoms. The van der Waals surface area contributed by atoms with Gasteiger partial charge in [0.2, 0.25) is 0 Å². The van der Waals surface area contributed by atoms with Gasteiger partial charge in [-0.3, -0.25) is 4.98 Å². The van der Waals surface area contributed by atoms with Crippen molar-refractivity contribution in [1.29, 1.82) is 0 Å². The summed E-state index contributed by atoms with van der Waals surface area (Å²) in [5, 5.41) is 3.26. The number of halogens is 2. The fourth-order valence-electron chi connectivity index (χ4n) is 2.12. The summed E-state index contributed by atoms with van der Waals surface area (Å²) in [6.45, 7) is 2.78. The van der Waals surface area contributed by atoms with Crippen LogP contribution in [0.2, 0.25) is 0 Å². The van der Waals surface area contributed by atoms with E-state index in [-0.39, 0.29) is 6.04 Å². The molecule has 4 heteroatoms. The van der Waals surface area contributed by atoms with Crippen molar-refractivity contribution in [2.75, 3.05) is 6.54 Å². The van der Waals surface area contributed by atoms with E-state index in [4.69, 9.17) is 0 Å². The molecule has 0 saturated carbocycles. The molecule has 0 saturated heterocycles. The third kappa shape index (κ3) is 3.84. The lowest BCUT2D eigenvalue weighted by Gasteiger charge is -2.19. The maximum Gasteiger partial charge on any atom is 0.128 e. The zero-order valence-electron chi connectivity index (χ0n) is 11.4. The number of nitrogens with one attached hydrogen (secondary N) is 1. The van der Waals surface area contributed by atoms with Crippen LogP contribution in [-0.4, -0.2) is 11.5 Å². The van der Waals surface area contributed by atoms with Crippen molar-refractivity contribution >= 4 is 0 Å². The Morgan fingerprint density at radius 2 is 2.05 bits per heavy atom. The zero-order chi connectivity index (χ0) is 14.4. The predicted octanol–water partition coefficient (Wildman–Crippen LogP) is 3.64. The Morgan fingerprint density at radius 3 is 2.75 bits per heavy atom. The van der Waals surface area contributed by atoms with E-state index in [0.717, 1.165) is 24.7 Å². The second kappa shape index (κ2) is 7.10. The molecule has 0 aliphatic rings. The smallest absolute Gasteiger partial charge is 0.128 e. The van der Waals surface area contributed by atoms with Crippen LogP contribution < -0.4 is 5.32 Å². The van der Waals surface area contributed by atoms with Gasteiger partial charge in [-0.15, -0.1) is 0 Å². The highest BCUT2D eigenvalue weighted by molar-refractivity contribution is 5.24. The van der Waals surface area contributed by atoms with Crippen molar-refractivity contribution in [3.63, 3.8) is 0 Å². The number of aromatic nitrogens is 1. The van der Waals surface area contributed by atoms with Gasteiger partial charge in [0.15, 0.2) is 0 Å². The molecule has 0 aliphatic carbocycles. The number of pyridine rings is 1. The standard InChI is InChI=1S/C16H18F2N2/c1-2-8-20-16(11-13-5-3-4-9-19-13)14-10-12(17)6-7-15(14)18/h3-7,9-10,16,20H,2,8,11H2,1H3. The molecule has 2 nitrogen and oxygen atoms in total. The topological polar surface area (TPSA) is 24.9 Å². The van der Waals surface area contributed by atoms with E-state index in [1.807, 2.05) is 25.1 Å². The third-order valence-electron chi connectivity index (χ3n) is 3.11. The van der Waals surface area contributed by atoms with E-state index < -0.39 is 11.6 Å². The average molecular weight is 276 g/mol. The van der Waals surface area contributed by atoms with Gasteiger partial charge in [-0.2, -0.15) is 0 Å². The molecular formula is C16H18F2N2. The molecule has 1 unspecified atom stereocenters. The van der Waals surface area contributed by atoms with Gasteiger partial charge in [0.05, 0.1) is 0 Å². The maximum absolute atomic E-state index is 13.9. The largest absolute Gasteiger partial charge is 0.310 e. The van der Waals surface area contributed by atoms with Gasteiger partial charge < -0.3 is 5.32 Å². The van der Waals surface area contributed by atoms with Gasteiger partial charge in [-0.25, -0.2) is 8.78 Å². The Kier molecular flexibility index (Phi) is 5.18. The molecule has 1 aromatic carbocycles. The van der Waals surface area contributed by atoms with Crippen molar-refractivity contribution in [2.45, 2.75) is 25.8 Å². The lowest BCUT2D eigenvalue weighted by molar-refractivity contribution is 0.487. The molecular weight excluding hydrogens is 258 g/mol. The highest BCUT2D eigenvalue weighted by Crippen LogP contribution is 2.21. The normalized spacial score (nSPS) is 12.3. The number of hydrogen-bond acceptors (Lipinski definition) is 2. The van der Waals surface area contributed by atoms with Crippen LogP contribution in [0.5, 0.6) is 0 Å². The van der Waals surface area contributed by atoms with Crippen LogP contribution in [0, 0.1) is 11.6 Å². The van der Waals surface area contributed by atoms with Crippen LogP contribution in [0.4, 0.5) is 8.78 Å². The number of nitrogens with zero attached hydrogens (tertiary/aromatic N) is 1. The number of rotatable bonds is 6. The molecule has 1 atom stereocenters. The molecule has 20 heavy (non-hydrogen) atoms. The van der Waals surface area contributed by atoms with Gasteiger partial charge in [0.1, 0.15) is 11.6 Å². The van der Waals surface area contributed by atoms with Crippen LogP contribution in [0.25, 0.3) is 0 Å². The fraction of sp³-hybridized carbons (Fsp3) is 0.312. The number of benzene rings is 1. The lowest BCUT2D eigenvalue weighted by atomic mass is 10.0. The molecule has 1 aromatic heterocycles. The first kappa shape index (κ1) is 14.6. The van der Waals surface area contributed by atoms with Crippen LogP contribution >= 0.6 is 0 Å². The Balaban J connectivity index is 2.24. The Morgan fingerprint density at radius 1 is 1.20 bits per heavy atom. The van der Waals surface area contributed by atoms with Crippen LogP contribution in [0.1, 0.15) is 30.6 Å². The second-order valence-corrected chi connectivity index (χ2v) is 4.70. The van der Waals surface area contributed by atoms with Crippen molar-refractivity contribution in [2.24, 2.45) is 0 Å². The monoisotopic (exact) mass is 276 g/mol. The van der Waals surface area contributed by atoms with Gasteiger partial charge in [0, 0.05) is 29.9 Å².